The lowest BCUT2D eigenvalue weighted by Crippen LogP contribution is -2.39. The molecule has 3 aromatic rings. The maximum Gasteiger partial charge on any atom is 0.269 e. The zero-order valence-corrected chi connectivity index (χ0v) is 18.3. The first-order chi connectivity index (χ1) is 16.1. The highest BCUT2D eigenvalue weighted by Gasteiger charge is 2.29. The van der Waals surface area contributed by atoms with Crippen molar-refractivity contribution in [1.29, 1.82) is 0 Å². The summed E-state index contributed by atoms with van der Waals surface area (Å²) in [5.41, 5.74) is 3.42. The Balaban J connectivity index is 1.48. The molecule has 1 aromatic heterocycles. The predicted molar refractivity (Wildman–Crippen MR) is 125 cm³/mol. The molecule has 0 radical (unpaired) electrons. The van der Waals surface area contributed by atoms with Crippen LogP contribution in [-0.4, -0.2) is 45.3 Å². The van der Waals surface area contributed by atoms with Crippen LogP contribution in [0.1, 0.15) is 40.9 Å². The standard InChI is InChI=1S/C25H25N5O3/c31-25(19-9-11-20(12-10-19)30(32)33)29-16-13-22-21(17-29)24(28-14-5-2-6-15-28)27-23(26-22)18-7-3-1-4-8-18/h1,3-4,7-12H,2,5-6,13-17H2. The highest BCUT2D eigenvalue weighted by Crippen LogP contribution is 2.32. The molecule has 5 rings (SSSR count). The van der Waals surface area contributed by atoms with Gasteiger partial charge in [-0.25, -0.2) is 9.97 Å². The molecule has 168 valence electrons. The number of carbonyl (C=O) groups is 1. The molecule has 0 saturated carbocycles. The summed E-state index contributed by atoms with van der Waals surface area (Å²) in [4.78, 5) is 37.6. The van der Waals surface area contributed by atoms with Crippen molar-refractivity contribution >= 4 is 17.4 Å². The molecule has 2 aliphatic heterocycles. The number of hydrogen-bond acceptors (Lipinski definition) is 6. The van der Waals surface area contributed by atoms with Crippen LogP contribution in [0.15, 0.2) is 54.6 Å². The van der Waals surface area contributed by atoms with Crippen LogP contribution in [-0.2, 0) is 13.0 Å². The lowest BCUT2D eigenvalue weighted by molar-refractivity contribution is -0.384. The Hall–Kier alpha value is -3.81. The van der Waals surface area contributed by atoms with Crippen molar-refractivity contribution in [3.05, 3.63) is 81.5 Å². The number of hydrogen-bond donors (Lipinski definition) is 0. The van der Waals surface area contributed by atoms with E-state index in [9.17, 15) is 14.9 Å². The number of anilines is 1. The lowest BCUT2D eigenvalue weighted by atomic mass is 10.0. The summed E-state index contributed by atoms with van der Waals surface area (Å²) in [6.45, 7) is 2.89. The van der Waals surface area contributed by atoms with Gasteiger partial charge in [0.1, 0.15) is 5.82 Å². The van der Waals surface area contributed by atoms with Crippen LogP contribution in [0, 0.1) is 10.1 Å². The van der Waals surface area contributed by atoms with Crippen LogP contribution < -0.4 is 4.90 Å². The van der Waals surface area contributed by atoms with E-state index in [2.05, 4.69) is 4.90 Å². The number of rotatable bonds is 4. The van der Waals surface area contributed by atoms with Gasteiger partial charge in [0.2, 0.25) is 0 Å². The summed E-state index contributed by atoms with van der Waals surface area (Å²) in [6.07, 6.45) is 4.13. The molecular formula is C25H25N5O3. The third-order valence-electron chi connectivity index (χ3n) is 6.34. The second-order valence-electron chi connectivity index (χ2n) is 8.49. The monoisotopic (exact) mass is 443 g/mol. The number of non-ortho nitro benzene ring substituents is 1. The van der Waals surface area contributed by atoms with Gasteiger partial charge in [0.05, 0.1) is 17.2 Å². The van der Waals surface area contributed by atoms with Crippen molar-refractivity contribution in [2.45, 2.75) is 32.2 Å². The Kier molecular flexibility index (Phi) is 5.73. The zero-order valence-electron chi connectivity index (χ0n) is 18.3. The molecule has 2 aliphatic rings. The van der Waals surface area contributed by atoms with Crippen molar-refractivity contribution in [3.8, 4) is 11.4 Å². The molecule has 33 heavy (non-hydrogen) atoms. The van der Waals surface area contributed by atoms with E-state index in [0.29, 0.717) is 25.1 Å². The Morgan fingerprint density at radius 3 is 2.33 bits per heavy atom. The number of piperidine rings is 1. The van der Waals surface area contributed by atoms with E-state index in [-0.39, 0.29) is 11.6 Å². The summed E-state index contributed by atoms with van der Waals surface area (Å²) in [7, 11) is 0. The second-order valence-corrected chi connectivity index (χ2v) is 8.49. The largest absolute Gasteiger partial charge is 0.356 e. The Morgan fingerprint density at radius 2 is 1.64 bits per heavy atom. The minimum atomic E-state index is -0.460. The number of amides is 1. The van der Waals surface area contributed by atoms with Crippen molar-refractivity contribution in [2.75, 3.05) is 24.5 Å². The van der Waals surface area contributed by atoms with Gasteiger partial charge in [-0.05, 0) is 31.4 Å². The van der Waals surface area contributed by atoms with Crippen molar-refractivity contribution in [2.24, 2.45) is 0 Å². The predicted octanol–water partition coefficient (Wildman–Crippen LogP) is 4.24. The van der Waals surface area contributed by atoms with E-state index in [0.717, 1.165) is 54.4 Å². The lowest BCUT2D eigenvalue weighted by Gasteiger charge is -2.34. The molecular weight excluding hydrogens is 418 g/mol. The Bertz CT molecular complexity index is 1170. The molecule has 0 unspecified atom stereocenters. The molecule has 0 aliphatic carbocycles. The van der Waals surface area contributed by atoms with Crippen LogP contribution in [0.4, 0.5) is 11.5 Å². The molecule has 1 saturated heterocycles. The highest BCUT2D eigenvalue weighted by molar-refractivity contribution is 5.94. The molecule has 3 heterocycles. The molecule has 1 amide bonds. The minimum absolute atomic E-state index is 0.0234. The normalized spacial score (nSPS) is 15.8. The number of nitrogens with zero attached hydrogens (tertiary/aromatic N) is 5. The fourth-order valence-corrected chi connectivity index (χ4v) is 4.56. The van der Waals surface area contributed by atoms with Gasteiger partial charge in [-0.1, -0.05) is 30.3 Å². The summed E-state index contributed by atoms with van der Waals surface area (Å²) >= 11 is 0. The SMILES string of the molecule is O=C(c1ccc([N+](=O)[O-])cc1)N1CCc2nc(-c3ccccc3)nc(N3CCCCC3)c2C1. The molecule has 8 nitrogen and oxygen atoms in total. The number of aromatic nitrogens is 2. The maximum absolute atomic E-state index is 13.2. The molecule has 0 bridgehead atoms. The van der Waals surface area contributed by atoms with Gasteiger partial charge in [0.15, 0.2) is 5.82 Å². The first-order valence-electron chi connectivity index (χ1n) is 11.3. The number of carbonyl (C=O) groups excluding carboxylic acids is 1. The van der Waals surface area contributed by atoms with Gasteiger partial charge in [0.25, 0.3) is 11.6 Å². The van der Waals surface area contributed by atoms with Gasteiger partial charge < -0.3 is 9.80 Å². The van der Waals surface area contributed by atoms with E-state index in [1.165, 1.54) is 30.7 Å². The molecule has 8 heteroatoms. The molecule has 0 N–H and O–H groups in total. The highest BCUT2D eigenvalue weighted by atomic mass is 16.6. The van der Waals surface area contributed by atoms with Gasteiger partial charge in [0, 0.05) is 54.9 Å². The third-order valence-corrected chi connectivity index (χ3v) is 6.34. The van der Waals surface area contributed by atoms with Crippen molar-refractivity contribution in [3.63, 3.8) is 0 Å². The van der Waals surface area contributed by atoms with Crippen LogP contribution in [0.5, 0.6) is 0 Å². The van der Waals surface area contributed by atoms with Gasteiger partial charge in [-0.3, -0.25) is 14.9 Å². The number of nitro groups is 1. The van der Waals surface area contributed by atoms with Gasteiger partial charge in [-0.15, -0.1) is 0 Å². The van der Waals surface area contributed by atoms with Gasteiger partial charge in [-0.2, -0.15) is 0 Å². The van der Waals surface area contributed by atoms with Crippen LogP contribution >= 0.6 is 0 Å². The summed E-state index contributed by atoms with van der Waals surface area (Å²) in [5, 5.41) is 10.9. The Morgan fingerprint density at radius 1 is 0.909 bits per heavy atom. The van der Waals surface area contributed by atoms with E-state index in [1.54, 1.807) is 4.90 Å². The average Bonchev–Trinajstić information content (AvgIpc) is 2.88. The quantitative estimate of drug-likeness (QED) is 0.442. The second kappa shape index (κ2) is 8.97. The first-order valence-corrected chi connectivity index (χ1v) is 11.3. The van der Waals surface area contributed by atoms with E-state index >= 15 is 0 Å². The fourth-order valence-electron chi connectivity index (χ4n) is 4.56. The zero-order chi connectivity index (χ0) is 22.8. The van der Waals surface area contributed by atoms with Crippen LogP contribution in [0.3, 0.4) is 0 Å². The molecule has 1 fully saturated rings. The van der Waals surface area contributed by atoms with E-state index in [1.807, 2.05) is 30.3 Å². The fraction of sp³-hybridized carbons (Fsp3) is 0.320. The average molecular weight is 444 g/mol. The number of benzene rings is 2. The summed E-state index contributed by atoms with van der Waals surface area (Å²) in [6, 6.07) is 15.8. The van der Waals surface area contributed by atoms with Gasteiger partial charge >= 0.3 is 0 Å². The van der Waals surface area contributed by atoms with Crippen LogP contribution in [0.2, 0.25) is 0 Å². The van der Waals surface area contributed by atoms with Crippen molar-refractivity contribution in [1.82, 2.24) is 14.9 Å². The molecule has 0 atom stereocenters. The van der Waals surface area contributed by atoms with Crippen LogP contribution in [0.25, 0.3) is 11.4 Å². The summed E-state index contributed by atoms with van der Waals surface area (Å²) < 4.78 is 0. The number of fused-ring (bicyclic) bond motifs is 1. The Labute approximate surface area is 192 Å². The first kappa shape index (κ1) is 21.1. The van der Waals surface area contributed by atoms with Crippen molar-refractivity contribution < 1.29 is 9.72 Å². The molecule has 2 aromatic carbocycles. The number of nitro benzene ring substituents is 1. The third kappa shape index (κ3) is 4.28. The summed E-state index contributed by atoms with van der Waals surface area (Å²) in [5.74, 6) is 1.53. The smallest absolute Gasteiger partial charge is 0.269 e. The maximum atomic E-state index is 13.2. The topological polar surface area (TPSA) is 92.5 Å². The minimum Gasteiger partial charge on any atom is -0.356 e. The van der Waals surface area contributed by atoms with E-state index in [4.69, 9.17) is 9.97 Å². The molecule has 0 spiro atoms. The van der Waals surface area contributed by atoms with E-state index < -0.39 is 4.92 Å².